The number of hydrogen-bond donors (Lipinski definition) is 1. The Morgan fingerprint density at radius 2 is 1.94 bits per heavy atom. The lowest BCUT2D eigenvalue weighted by Gasteiger charge is -2.30. The van der Waals surface area contributed by atoms with Crippen molar-refractivity contribution in [1.82, 2.24) is 10.2 Å². The molecule has 0 fully saturated rings. The highest BCUT2D eigenvalue weighted by Gasteiger charge is 2.32. The van der Waals surface area contributed by atoms with Crippen LogP contribution in [0.25, 0.3) is 0 Å². The second-order valence-electron chi connectivity index (χ2n) is 3.92. The van der Waals surface area contributed by atoms with Crippen molar-refractivity contribution in [2.24, 2.45) is 0 Å². The number of thiocarbonyl (C=S) groups is 1. The predicted octanol–water partition coefficient (Wildman–Crippen LogP) is 2.93. The van der Waals surface area contributed by atoms with Gasteiger partial charge in [0.25, 0.3) is 0 Å². The van der Waals surface area contributed by atoms with Gasteiger partial charge in [-0.1, -0.05) is 13.3 Å². The summed E-state index contributed by atoms with van der Waals surface area (Å²) >= 11 is 4.95. The van der Waals surface area contributed by atoms with E-state index in [9.17, 15) is 13.2 Å². The van der Waals surface area contributed by atoms with Crippen LogP contribution in [-0.2, 0) is 0 Å². The van der Waals surface area contributed by atoms with Gasteiger partial charge in [-0.2, -0.15) is 13.2 Å². The van der Waals surface area contributed by atoms with E-state index in [0.717, 1.165) is 17.7 Å². The molecule has 0 unspecified atom stereocenters. The molecule has 0 aromatic carbocycles. The molecule has 0 aliphatic heterocycles. The molecule has 0 aromatic heterocycles. The van der Waals surface area contributed by atoms with Crippen molar-refractivity contribution in [3.63, 3.8) is 0 Å². The van der Waals surface area contributed by atoms with Crippen LogP contribution >= 0.6 is 12.2 Å². The van der Waals surface area contributed by atoms with Crippen molar-refractivity contribution in [2.75, 3.05) is 13.1 Å². The zero-order valence-electron chi connectivity index (χ0n) is 9.90. The summed E-state index contributed by atoms with van der Waals surface area (Å²) in [5.74, 6) is 0. The summed E-state index contributed by atoms with van der Waals surface area (Å²) in [6, 6.07) is -0.261. The molecule has 0 amide bonds. The molecule has 2 nitrogen and oxygen atoms in total. The van der Waals surface area contributed by atoms with Gasteiger partial charge in [0.05, 0.1) is 0 Å². The molecule has 0 atom stereocenters. The summed E-state index contributed by atoms with van der Waals surface area (Å²) in [6.45, 7) is 5.03. The summed E-state index contributed by atoms with van der Waals surface area (Å²) in [4.78, 5) is 1.16. The Morgan fingerprint density at radius 1 is 1.38 bits per heavy atom. The molecule has 96 valence electrons. The Hall–Kier alpha value is -0.520. The lowest BCUT2D eigenvalue weighted by Crippen LogP contribution is -2.48. The molecule has 1 N–H and O–H groups in total. The van der Waals surface area contributed by atoms with Gasteiger partial charge in [-0.3, -0.25) is 0 Å². The third kappa shape index (κ3) is 6.87. The van der Waals surface area contributed by atoms with E-state index < -0.39 is 12.7 Å². The maximum atomic E-state index is 12.3. The van der Waals surface area contributed by atoms with Gasteiger partial charge in [-0.15, -0.1) is 0 Å². The maximum Gasteiger partial charge on any atom is 0.406 e. The van der Waals surface area contributed by atoms with Gasteiger partial charge in [0.2, 0.25) is 0 Å². The molecule has 0 aromatic rings. The van der Waals surface area contributed by atoms with E-state index in [-0.39, 0.29) is 11.2 Å². The van der Waals surface area contributed by atoms with Gasteiger partial charge in [0.1, 0.15) is 6.54 Å². The minimum Gasteiger partial charge on any atom is -0.363 e. The lowest BCUT2D eigenvalue weighted by molar-refractivity contribution is -0.140. The topological polar surface area (TPSA) is 15.3 Å². The quantitative estimate of drug-likeness (QED) is 0.601. The number of nitrogens with one attached hydrogen (secondary N) is 1. The van der Waals surface area contributed by atoms with Crippen LogP contribution in [-0.4, -0.2) is 35.3 Å². The molecule has 0 bridgehead atoms. The lowest BCUT2D eigenvalue weighted by atomic mass is 10.3. The van der Waals surface area contributed by atoms with Gasteiger partial charge in [-0.05, 0) is 32.5 Å². The van der Waals surface area contributed by atoms with Crippen LogP contribution in [0.2, 0.25) is 0 Å². The molecule has 0 heterocycles. The number of hydrogen-bond acceptors (Lipinski definition) is 1. The zero-order chi connectivity index (χ0) is 12.8. The van der Waals surface area contributed by atoms with Crippen LogP contribution in [0.1, 0.15) is 33.6 Å². The highest BCUT2D eigenvalue weighted by molar-refractivity contribution is 7.80. The Kier molecular flexibility index (Phi) is 6.71. The molecule has 0 saturated carbocycles. The molecule has 0 spiro atoms. The van der Waals surface area contributed by atoms with Crippen molar-refractivity contribution in [2.45, 2.75) is 45.8 Å². The fraction of sp³-hybridized carbons (Fsp3) is 0.900. The normalized spacial score (nSPS) is 11.7. The average molecular weight is 256 g/mol. The maximum absolute atomic E-state index is 12.3. The summed E-state index contributed by atoms with van der Waals surface area (Å²) < 4.78 is 36.9. The Balaban J connectivity index is 4.25. The van der Waals surface area contributed by atoms with Crippen molar-refractivity contribution in [1.29, 1.82) is 0 Å². The predicted molar refractivity (Wildman–Crippen MR) is 63.4 cm³/mol. The Morgan fingerprint density at radius 3 is 2.31 bits per heavy atom. The first kappa shape index (κ1) is 15.5. The fourth-order valence-electron chi connectivity index (χ4n) is 1.16. The molecule has 0 radical (unpaired) electrons. The van der Waals surface area contributed by atoms with Crippen molar-refractivity contribution in [3.05, 3.63) is 0 Å². The van der Waals surface area contributed by atoms with Gasteiger partial charge >= 0.3 is 6.18 Å². The molecule has 0 aliphatic carbocycles. The fourth-order valence-corrected chi connectivity index (χ4v) is 1.53. The first-order chi connectivity index (χ1) is 7.28. The highest BCUT2D eigenvalue weighted by Crippen LogP contribution is 2.18. The minimum absolute atomic E-state index is 0.181. The second kappa shape index (κ2) is 6.93. The molecular weight excluding hydrogens is 237 g/mol. The van der Waals surface area contributed by atoms with Crippen molar-refractivity contribution < 1.29 is 13.2 Å². The van der Waals surface area contributed by atoms with Crippen molar-refractivity contribution >= 4 is 17.3 Å². The van der Waals surface area contributed by atoms with Crippen LogP contribution in [0.4, 0.5) is 13.2 Å². The summed E-state index contributed by atoms with van der Waals surface area (Å²) in [6.07, 6.45) is -2.34. The van der Waals surface area contributed by atoms with E-state index in [4.69, 9.17) is 12.2 Å². The Labute approximate surface area is 100 Å². The number of unbranched alkanes of at least 4 members (excludes halogenated alkanes) is 1. The third-order valence-electron chi connectivity index (χ3n) is 2.04. The van der Waals surface area contributed by atoms with Crippen LogP contribution in [0.5, 0.6) is 0 Å². The number of nitrogens with zero attached hydrogens (tertiary/aromatic N) is 1. The second-order valence-corrected chi connectivity index (χ2v) is 4.31. The average Bonchev–Trinajstić information content (AvgIpc) is 2.12. The zero-order valence-corrected chi connectivity index (χ0v) is 10.7. The minimum atomic E-state index is -4.22. The van der Waals surface area contributed by atoms with E-state index in [1.165, 1.54) is 0 Å². The van der Waals surface area contributed by atoms with E-state index in [1.54, 1.807) is 13.8 Å². The molecular formula is C10H19F3N2S. The van der Waals surface area contributed by atoms with E-state index in [1.807, 2.05) is 6.92 Å². The molecule has 6 heteroatoms. The van der Waals surface area contributed by atoms with Crippen LogP contribution in [0.15, 0.2) is 0 Å². The van der Waals surface area contributed by atoms with Crippen LogP contribution in [0.3, 0.4) is 0 Å². The molecule has 16 heavy (non-hydrogen) atoms. The van der Waals surface area contributed by atoms with Crippen LogP contribution in [0, 0.1) is 0 Å². The van der Waals surface area contributed by atoms with Crippen molar-refractivity contribution in [3.8, 4) is 0 Å². The monoisotopic (exact) mass is 256 g/mol. The van der Waals surface area contributed by atoms with E-state index in [0.29, 0.717) is 6.54 Å². The van der Waals surface area contributed by atoms with Gasteiger partial charge in [-0.25, -0.2) is 0 Å². The SMILES string of the molecule is CCCCNC(=S)N(CC(F)(F)F)C(C)C. The molecule has 0 saturated heterocycles. The number of alkyl halides is 3. The number of halogens is 3. The molecule has 0 rings (SSSR count). The van der Waals surface area contributed by atoms with E-state index >= 15 is 0 Å². The van der Waals surface area contributed by atoms with Gasteiger partial charge in [0, 0.05) is 12.6 Å². The molecule has 0 aliphatic rings. The van der Waals surface area contributed by atoms with Gasteiger partial charge < -0.3 is 10.2 Å². The third-order valence-corrected chi connectivity index (χ3v) is 2.42. The first-order valence-electron chi connectivity index (χ1n) is 5.39. The Bertz CT molecular complexity index is 217. The highest BCUT2D eigenvalue weighted by atomic mass is 32.1. The largest absolute Gasteiger partial charge is 0.406 e. The summed E-state index contributed by atoms with van der Waals surface area (Å²) in [7, 11) is 0. The van der Waals surface area contributed by atoms with E-state index in [2.05, 4.69) is 5.32 Å². The standard InChI is InChI=1S/C10H19F3N2S/c1-4-5-6-14-9(16)15(8(2)3)7-10(11,12)13/h8H,4-7H2,1-3H3,(H,14,16). The first-order valence-corrected chi connectivity index (χ1v) is 5.80. The smallest absolute Gasteiger partial charge is 0.363 e. The van der Waals surface area contributed by atoms with Crippen LogP contribution < -0.4 is 5.32 Å². The van der Waals surface area contributed by atoms with Gasteiger partial charge in [0.15, 0.2) is 5.11 Å². The number of rotatable bonds is 5. The summed E-state index contributed by atoms with van der Waals surface area (Å²) in [5.41, 5.74) is 0. The summed E-state index contributed by atoms with van der Waals surface area (Å²) in [5, 5.41) is 3.03.